The van der Waals surface area contributed by atoms with Crippen LogP contribution in [0.5, 0.6) is 0 Å². The van der Waals surface area contributed by atoms with Gasteiger partial charge in [-0.3, -0.25) is 4.68 Å². The maximum atomic E-state index is 4.54. The number of aryl methyl sites for hydroxylation is 1. The minimum absolute atomic E-state index is 0.597. The molecule has 3 rings (SSSR count). The summed E-state index contributed by atoms with van der Waals surface area (Å²) in [5.74, 6) is 1.73. The zero-order chi connectivity index (χ0) is 15.7. The molecule has 1 fully saturated rings. The SMILES string of the molecule is CC(C)N(C)CC1CCCN(c2ncnc3c2cnn3C)C1. The molecule has 1 saturated heterocycles. The third kappa shape index (κ3) is 2.92. The van der Waals surface area contributed by atoms with Gasteiger partial charge < -0.3 is 9.80 Å². The standard InChI is InChI=1S/C16H26N6/c1-12(2)20(3)9-13-6-5-7-22(10-13)16-14-8-19-21(4)15(14)17-11-18-16/h8,11-13H,5-7,9-10H2,1-4H3. The molecule has 1 aliphatic rings. The highest BCUT2D eigenvalue weighted by molar-refractivity contribution is 5.86. The molecule has 3 heterocycles. The van der Waals surface area contributed by atoms with E-state index in [1.807, 2.05) is 17.9 Å². The van der Waals surface area contributed by atoms with Gasteiger partial charge in [0, 0.05) is 32.7 Å². The van der Waals surface area contributed by atoms with Gasteiger partial charge in [0.15, 0.2) is 5.65 Å². The molecule has 6 nitrogen and oxygen atoms in total. The summed E-state index contributed by atoms with van der Waals surface area (Å²) in [5.41, 5.74) is 0.909. The van der Waals surface area contributed by atoms with E-state index in [2.05, 4.69) is 45.8 Å². The van der Waals surface area contributed by atoms with Crippen molar-refractivity contribution in [3.63, 3.8) is 0 Å². The third-order valence-electron chi connectivity index (χ3n) is 4.75. The van der Waals surface area contributed by atoms with Crippen LogP contribution in [0.1, 0.15) is 26.7 Å². The summed E-state index contributed by atoms with van der Waals surface area (Å²) in [6.45, 7) is 7.80. The first kappa shape index (κ1) is 15.2. The van der Waals surface area contributed by atoms with E-state index < -0.39 is 0 Å². The van der Waals surface area contributed by atoms with Gasteiger partial charge in [-0.2, -0.15) is 5.10 Å². The summed E-state index contributed by atoms with van der Waals surface area (Å²) in [7, 11) is 4.14. The number of hydrogen-bond donors (Lipinski definition) is 0. The number of rotatable bonds is 4. The summed E-state index contributed by atoms with van der Waals surface area (Å²) in [6.07, 6.45) is 6.06. The van der Waals surface area contributed by atoms with E-state index in [0.29, 0.717) is 12.0 Å². The van der Waals surface area contributed by atoms with Crippen molar-refractivity contribution < 1.29 is 0 Å². The van der Waals surface area contributed by atoms with Gasteiger partial charge in [-0.15, -0.1) is 0 Å². The fourth-order valence-electron chi connectivity index (χ4n) is 3.23. The van der Waals surface area contributed by atoms with Crippen molar-refractivity contribution in [2.75, 3.05) is 31.6 Å². The predicted molar refractivity (Wildman–Crippen MR) is 89.0 cm³/mol. The Labute approximate surface area is 132 Å². The molecular weight excluding hydrogens is 276 g/mol. The van der Waals surface area contributed by atoms with Gasteiger partial charge in [-0.05, 0) is 39.7 Å². The van der Waals surface area contributed by atoms with Crippen molar-refractivity contribution in [1.29, 1.82) is 0 Å². The van der Waals surface area contributed by atoms with Crippen LogP contribution >= 0.6 is 0 Å². The Morgan fingerprint density at radius 2 is 2.18 bits per heavy atom. The lowest BCUT2D eigenvalue weighted by Crippen LogP contribution is -2.42. The Kier molecular flexibility index (Phi) is 4.29. The molecule has 6 heteroatoms. The second-order valence-corrected chi connectivity index (χ2v) is 6.69. The van der Waals surface area contributed by atoms with Gasteiger partial charge >= 0.3 is 0 Å². The van der Waals surface area contributed by atoms with Crippen LogP contribution in [0.4, 0.5) is 5.82 Å². The summed E-state index contributed by atoms with van der Waals surface area (Å²) in [6, 6.07) is 0.597. The highest BCUT2D eigenvalue weighted by Gasteiger charge is 2.24. The monoisotopic (exact) mass is 302 g/mol. The molecule has 0 aliphatic carbocycles. The zero-order valence-electron chi connectivity index (χ0n) is 14.0. The number of nitrogens with zero attached hydrogens (tertiary/aromatic N) is 6. The first-order chi connectivity index (χ1) is 10.6. The molecule has 0 saturated carbocycles. The number of anilines is 1. The van der Waals surface area contributed by atoms with Gasteiger partial charge in [-0.25, -0.2) is 9.97 Å². The van der Waals surface area contributed by atoms with Crippen molar-refractivity contribution in [3.05, 3.63) is 12.5 Å². The van der Waals surface area contributed by atoms with E-state index in [4.69, 9.17) is 0 Å². The molecule has 0 N–H and O–H groups in total. The first-order valence-corrected chi connectivity index (χ1v) is 8.14. The molecular formula is C16H26N6. The minimum Gasteiger partial charge on any atom is -0.356 e. The van der Waals surface area contributed by atoms with E-state index in [0.717, 1.165) is 36.5 Å². The second-order valence-electron chi connectivity index (χ2n) is 6.69. The van der Waals surface area contributed by atoms with Crippen molar-refractivity contribution in [3.8, 4) is 0 Å². The molecule has 1 atom stereocenters. The van der Waals surface area contributed by atoms with Crippen molar-refractivity contribution >= 4 is 16.9 Å². The Morgan fingerprint density at radius 1 is 1.36 bits per heavy atom. The van der Waals surface area contributed by atoms with Gasteiger partial charge in [-0.1, -0.05) is 0 Å². The molecule has 0 radical (unpaired) electrons. The highest BCUT2D eigenvalue weighted by Crippen LogP contribution is 2.27. The Bertz CT molecular complexity index is 635. The fourth-order valence-corrected chi connectivity index (χ4v) is 3.23. The summed E-state index contributed by atoms with van der Waals surface area (Å²) >= 11 is 0. The molecule has 2 aromatic heterocycles. The van der Waals surface area contributed by atoms with Crippen LogP contribution in [0.25, 0.3) is 11.0 Å². The van der Waals surface area contributed by atoms with E-state index in [-0.39, 0.29) is 0 Å². The molecule has 0 bridgehead atoms. The zero-order valence-corrected chi connectivity index (χ0v) is 14.0. The lowest BCUT2D eigenvalue weighted by molar-refractivity contribution is 0.215. The van der Waals surface area contributed by atoms with Gasteiger partial charge in [0.05, 0.1) is 11.6 Å². The summed E-state index contributed by atoms with van der Waals surface area (Å²) in [5, 5.41) is 5.38. The molecule has 120 valence electrons. The lowest BCUT2D eigenvalue weighted by atomic mass is 9.97. The molecule has 0 spiro atoms. The van der Waals surface area contributed by atoms with Gasteiger partial charge in [0.2, 0.25) is 0 Å². The van der Waals surface area contributed by atoms with Crippen LogP contribution in [-0.4, -0.2) is 57.4 Å². The largest absolute Gasteiger partial charge is 0.356 e. The van der Waals surface area contributed by atoms with Crippen LogP contribution in [0.15, 0.2) is 12.5 Å². The fraction of sp³-hybridized carbons (Fsp3) is 0.688. The lowest BCUT2D eigenvalue weighted by Gasteiger charge is -2.36. The minimum atomic E-state index is 0.597. The van der Waals surface area contributed by atoms with Crippen molar-refractivity contribution in [2.24, 2.45) is 13.0 Å². The Morgan fingerprint density at radius 3 is 2.95 bits per heavy atom. The maximum Gasteiger partial charge on any atom is 0.163 e. The van der Waals surface area contributed by atoms with Gasteiger partial charge in [0.25, 0.3) is 0 Å². The number of piperidine rings is 1. The Balaban J connectivity index is 1.79. The van der Waals surface area contributed by atoms with Crippen molar-refractivity contribution in [1.82, 2.24) is 24.6 Å². The highest BCUT2D eigenvalue weighted by atomic mass is 15.3. The molecule has 0 amide bonds. The van der Waals surface area contributed by atoms with Crippen LogP contribution in [0.3, 0.4) is 0 Å². The molecule has 0 aromatic carbocycles. The topological polar surface area (TPSA) is 50.1 Å². The second kappa shape index (κ2) is 6.20. The first-order valence-electron chi connectivity index (χ1n) is 8.14. The van der Waals surface area contributed by atoms with E-state index in [1.165, 1.54) is 12.8 Å². The number of hydrogen-bond acceptors (Lipinski definition) is 5. The summed E-state index contributed by atoms with van der Waals surface area (Å²) in [4.78, 5) is 13.7. The quantitative estimate of drug-likeness (QED) is 0.863. The van der Waals surface area contributed by atoms with Crippen molar-refractivity contribution in [2.45, 2.75) is 32.7 Å². The molecule has 2 aromatic rings. The average Bonchev–Trinajstić information content (AvgIpc) is 2.89. The van der Waals surface area contributed by atoms with Crippen LogP contribution in [0, 0.1) is 5.92 Å². The average molecular weight is 302 g/mol. The van der Waals surface area contributed by atoms with E-state index in [1.54, 1.807) is 6.33 Å². The smallest absolute Gasteiger partial charge is 0.163 e. The third-order valence-corrected chi connectivity index (χ3v) is 4.75. The van der Waals surface area contributed by atoms with Crippen LogP contribution in [0.2, 0.25) is 0 Å². The van der Waals surface area contributed by atoms with Crippen LogP contribution in [-0.2, 0) is 7.05 Å². The number of fused-ring (bicyclic) bond motifs is 1. The predicted octanol–water partition coefficient (Wildman–Crippen LogP) is 1.92. The molecule has 1 unspecified atom stereocenters. The summed E-state index contributed by atoms with van der Waals surface area (Å²) < 4.78 is 1.81. The number of aromatic nitrogens is 4. The van der Waals surface area contributed by atoms with Gasteiger partial charge in [0.1, 0.15) is 12.1 Å². The molecule has 22 heavy (non-hydrogen) atoms. The van der Waals surface area contributed by atoms with E-state index >= 15 is 0 Å². The Hall–Kier alpha value is -1.69. The van der Waals surface area contributed by atoms with E-state index in [9.17, 15) is 0 Å². The maximum absolute atomic E-state index is 4.54. The molecule has 1 aliphatic heterocycles. The van der Waals surface area contributed by atoms with Crippen LogP contribution < -0.4 is 4.90 Å². The normalized spacial score (nSPS) is 19.5.